The number of aromatic amines is 2. The lowest BCUT2D eigenvalue weighted by atomic mass is 10.1. The van der Waals surface area contributed by atoms with E-state index in [-0.39, 0.29) is 56.3 Å². The van der Waals surface area contributed by atoms with Crippen molar-refractivity contribution in [3.63, 3.8) is 0 Å². The molecule has 4 aromatic carbocycles. The number of carboxylic acids is 2. The zero-order valence-corrected chi connectivity index (χ0v) is 45.1. The number of H-pyrrole nitrogens is 2. The summed E-state index contributed by atoms with van der Waals surface area (Å²) in [5.74, 6) is -3.80. The Morgan fingerprint density at radius 1 is 0.613 bits per heavy atom. The minimum atomic E-state index is -1.16. The number of nitrogens with zero attached hydrogens (tertiary/aromatic N) is 1. The number of esters is 2. The van der Waals surface area contributed by atoms with Crippen molar-refractivity contribution in [1.82, 2.24) is 20.3 Å². The van der Waals surface area contributed by atoms with Gasteiger partial charge in [0.15, 0.2) is 0 Å². The molecular formula is C58H69N5O17. The van der Waals surface area contributed by atoms with Gasteiger partial charge in [-0.05, 0) is 84.3 Å². The Labute approximate surface area is 462 Å². The summed E-state index contributed by atoms with van der Waals surface area (Å²) >= 11 is 0. The topological polar surface area (TPSA) is 314 Å². The lowest BCUT2D eigenvalue weighted by Gasteiger charge is -2.14. The highest BCUT2D eigenvalue weighted by molar-refractivity contribution is 6.01. The van der Waals surface area contributed by atoms with Crippen molar-refractivity contribution < 1.29 is 81.8 Å². The van der Waals surface area contributed by atoms with Gasteiger partial charge in [0.25, 0.3) is 11.8 Å². The summed E-state index contributed by atoms with van der Waals surface area (Å²) in [5.41, 5.74) is 10.4. The van der Waals surface area contributed by atoms with Crippen LogP contribution in [-0.2, 0) is 78.6 Å². The van der Waals surface area contributed by atoms with Crippen molar-refractivity contribution in [2.45, 2.75) is 104 Å². The van der Waals surface area contributed by atoms with Crippen LogP contribution in [-0.4, -0.2) is 112 Å². The summed E-state index contributed by atoms with van der Waals surface area (Å²) < 4.78 is 31.6. The molecule has 0 aliphatic carbocycles. The largest absolute Gasteiger partial charge is 0.534 e. The number of hydrogen-bond acceptors (Lipinski definition) is 16. The summed E-state index contributed by atoms with van der Waals surface area (Å²) in [5, 5.41) is 23.0. The van der Waals surface area contributed by atoms with E-state index >= 15 is 0 Å². The number of imide groups is 1. The molecular weight excluding hydrogens is 1040 g/mol. The van der Waals surface area contributed by atoms with Gasteiger partial charge in [-0.15, -0.1) is 0 Å². The first-order valence-electron chi connectivity index (χ1n) is 26.2. The van der Waals surface area contributed by atoms with Crippen LogP contribution in [0.2, 0.25) is 0 Å². The van der Waals surface area contributed by atoms with Gasteiger partial charge in [-0.1, -0.05) is 93.4 Å². The van der Waals surface area contributed by atoms with E-state index in [1.54, 1.807) is 68.6 Å². The number of carbonyl (C=O) groups excluding carboxylic acids is 6. The van der Waals surface area contributed by atoms with Crippen molar-refractivity contribution in [3.8, 4) is 11.5 Å². The normalized spacial score (nSPS) is 13.4. The number of nitrogens with two attached hydrogens (primary N) is 1. The summed E-state index contributed by atoms with van der Waals surface area (Å²) in [6, 6.07) is 26.3. The minimum Gasteiger partial charge on any atom is -0.480 e. The Morgan fingerprint density at radius 2 is 1.06 bits per heavy atom. The number of carboxylic acid groups (broad SMARTS) is 2. The van der Waals surface area contributed by atoms with E-state index in [1.807, 2.05) is 68.6 Å². The Morgan fingerprint density at radius 3 is 1.51 bits per heavy atom. The number of benzene rings is 4. The van der Waals surface area contributed by atoms with E-state index in [0.717, 1.165) is 45.8 Å². The van der Waals surface area contributed by atoms with Gasteiger partial charge in [0.1, 0.15) is 36.8 Å². The van der Waals surface area contributed by atoms with E-state index in [4.69, 9.17) is 39.3 Å². The van der Waals surface area contributed by atoms with Crippen LogP contribution in [0.25, 0.3) is 21.8 Å². The first-order valence-corrected chi connectivity index (χ1v) is 26.2. The van der Waals surface area contributed by atoms with Gasteiger partial charge < -0.3 is 59.7 Å². The number of alkyl carbamates (subject to hydrolysis) is 1. The second-order valence-corrected chi connectivity index (χ2v) is 18.6. The van der Waals surface area contributed by atoms with Crippen molar-refractivity contribution in [2.24, 2.45) is 17.6 Å². The van der Waals surface area contributed by atoms with Crippen LogP contribution in [0.1, 0.15) is 88.5 Å². The van der Waals surface area contributed by atoms with Crippen LogP contribution >= 0.6 is 0 Å². The fourth-order valence-corrected chi connectivity index (χ4v) is 7.57. The predicted molar refractivity (Wildman–Crippen MR) is 291 cm³/mol. The zero-order chi connectivity index (χ0) is 58.0. The molecule has 3 heterocycles. The molecule has 428 valence electrons. The van der Waals surface area contributed by atoms with E-state index in [2.05, 4.69) is 20.1 Å². The number of aliphatic carboxylic acids is 2. The molecule has 1 fully saturated rings. The van der Waals surface area contributed by atoms with E-state index < -0.39 is 48.1 Å². The van der Waals surface area contributed by atoms with Gasteiger partial charge in [-0.25, -0.2) is 14.4 Å². The van der Waals surface area contributed by atoms with Gasteiger partial charge >= 0.3 is 36.1 Å². The van der Waals surface area contributed by atoms with Crippen molar-refractivity contribution >= 4 is 69.7 Å². The molecule has 22 heteroatoms. The van der Waals surface area contributed by atoms with Gasteiger partial charge in [0.2, 0.25) is 0 Å². The molecule has 1 aliphatic heterocycles. The van der Waals surface area contributed by atoms with Gasteiger partial charge in [0.05, 0.1) is 11.8 Å². The Kier molecular flexibility index (Phi) is 25.2. The van der Waals surface area contributed by atoms with Crippen molar-refractivity contribution in [3.05, 3.63) is 132 Å². The first-order chi connectivity index (χ1) is 38.5. The fourth-order valence-electron chi connectivity index (χ4n) is 7.57. The maximum absolute atomic E-state index is 12.3. The highest BCUT2D eigenvalue weighted by atomic mass is 16.8. The average Bonchev–Trinajstić information content (AvgIpc) is 4.16. The molecule has 2 aromatic heterocycles. The molecule has 1 saturated heterocycles. The van der Waals surface area contributed by atoms with E-state index in [1.165, 1.54) is 0 Å². The molecule has 1 aliphatic rings. The third kappa shape index (κ3) is 20.3. The summed E-state index contributed by atoms with van der Waals surface area (Å²) in [6.45, 7) is 9.77. The predicted octanol–water partition coefficient (Wildman–Crippen LogP) is 8.33. The number of hydroxylamine groups is 2. The second kappa shape index (κ2) is 32.3. The van der Waals surface area contributed by atoms with Crippen LogP contribution in [0.3, 0.4) is 0 Å². The molecule has 6 aromatic rings. The lowest BCUT2D eigenvalue weighted by Crippen LogP contribution is -2.42. The quantitative estimate of drug-likeness (QED) is 0.0129. The Hall–Kier alpha value is -8.60. The maximum Gasteiger partial charge on any atom is 0.534 e. The van der Waals surface area contributed by atoms with Crippen molar-refractivity contribution in [1.29, 1.82) is 0 Å². The standard InChI is InChI=1S/C27H32N2O7.C20H25NO8.C11H12N2O2/c1-3-13-34-14-12-18(2)26(32)36-21-10-8-19(9-11-21)17-35-27(33)29-24(25(30)31)15-20-16-28-23-7-5-4-6-22(20)23;1-3-11-26-12-10-14(2)19(24)28-16-6-4-15(5-7-16)13-27-20(25)29-21-17(22)8-9-18(21)23;12-9(11(14)15)5-7-6-13-10-4-2-1-3-8(7)10/h4-11,16,18,24,28H,3,12-15,17H2,1-2H3,(H,29,33)(H,30,31);4-7,14H,3,8-13H2,1-2H3;1-4,6,9,13H,5,12H2,(H,14,15). The number of amides is 3. The SMILES string of the molecule is CCCOCCC(C)C(=O)Oc1ccc(COC(=O)NC(Cc2c[nH]c3ccccc23)C(=O)O)cc1.CCCOCCC(C)C(=O)Oc1ccc(COC(=O)ON2C(=O)CCC2=O)cc1.NC(Cc1c[nH]c2ccccc12)C(=O)O. The van der Waals surface area contributed by atoms with Gasteiger partial charge in [0, 0.05) is 86.3 Å². The molecule has 4 atom stereocenters. The van der Waals surface area contributed by atoms with Crippen LogP contribution < -0.4 is 20.5 Å². The second-order valence-electron chi connectivity index (χ2n) is 18.6. The third-order valence-corrected chi connectivity index (χ3v) is 12.2. The smallest absolute Gasteiger partial charge is 0.480 e. The van der Waals surface area contributed by atoms with Crippen LogP contribution in [0.4, 0.5) is 9.59 Å². The third-order valence-electron chi connectivity index (χ3n) is 12.2. The molecule has 0 saturated carbocycles. The number of ether oxygens (including phenoxy) is 6. The molecule has 22 nitrogen and oxygen atoms in total. The summed E-state index contributed by atoms with van der Waals surface area (Å²) in [6.07, 6.45) is 5.07. The lowest BCUT2D eigenvalue weighted by molar-refractivity contribution is -0.177. The van der Waals surface area contributed by atoms with Gasteiger partial charge in [-0.2, -0.15) is 0 Å². The number of fused-ring (bicyclic) bond motifs is 2. The summed E-state index contributed by atoms with van der Waals surface area (Å²) in [7, 11) is 0. The number of hydrogen-bond donors (Lipinski definition) is 6. The Balaban J connectivity index is 0.000000238. The zero-order valence-electron chi connectivity index (χ0n) is 45.1. The molecule has 4 unspecified atom stereocenters. The number of rotatable bonds is 26. The number of aromatic nitrogens is 2. The monoisotopic (exact) mass is 1110 g/mol. The highest BCUT2D eigenvalue weighted by Gasteiger charge is 2.33. The van der Waals surface area contributed by atoms with Crippen molar-refractivity contribution in [2.75, 3.05) is 26.4 Å². The molecule has 7 N–H and O–H groups in total. The molecule has 0 spiro atoms. The van der Waals surface area contributed by atoms with Crippen LogP contribution in [0.15, 0.2) is 109 Å². The number of para-hydroxylation sites is 2. The molecule has 0 bridgehead atoms. The first kappa shape index (κ1) is 62.2. The average molecular weight is 1110 g/mol. The number of nitrogens with one attached hydrogen (secondary N) is 3. The fraction of sp³-hybridized carbons (Fsp3) is 0.379. The van der Waals surface area contributed by atoms with Gasteiger partial charge in [-0.3, -0.25) is 28.8 Å². The van der Waals surface area contributed by atoms with E-state index in [9.17, 15) is 43.5 Å². The molecule has 7 rings (SSSR count). The minimum absolute atomic E-state index is 0.0106. The maximum atomic E-state index is 12.3. The number of carbonyl (C=O) groups is 8. The van der Waals surface area contributed by atoms with E-state index in [0.29, 0.717) is 73.4 Å². The van der Waals surface area contributed by atoms with Crippen LogP contribution in [0, 0.1) is 11.8 Å². The molecule has 80 heavy (non-hydrogen) atoms. The Bertz CT molecular complexity index is 2980. The molecule has 3 amide bonds. The van der Waals surface area contributed by atoms with Crippen LogP contribution in [0.5, 0.6) is 11.5 Å². The summed E-state index contributed by atoms with van der Waals surface area (Å²) in [4.78, 5) is 104. The highest BCUT2D eigenvalue weighted by Crippen LogP contribution is 2.22. The molecule has 0 radical (unpaired) electrons.